The molecule has 3 heterocycles. The highest BCUT2D eigenvalue weighted by Gasteiger charge is 2.83. The van der Waals surface area contributed by atoms with Crippen LogP contribution in [0.3, 0.4) is 0 Å². The number of ether oxygens (including phenoxy) is 5. The Labute approximate surface area is 223 Å². The monoisotopic (exact) mass is 530 g/mol. The number of rotatable bonds is 2. The molecule has 8 atom stereocenters. The summed E-state index contributed by atoms with van der Waals surface area (Å²) in [6, 6.07) is 0. The Morgan fingerprint density at radius 1 is 1.08 bits per heavy atom. The Balaban J connectivity index is 1.53. The van der Waals surface area contributed by atoms with Crippen molar-refractivity contribution in [2.24, 2.45) is 10.8 Å². The van der Waals surface area contributed by atoms with Gasteiger partial charge in [-0.2, -0.15) is 0 Å². The molecule has 38 heavy (non-hydrogen) atoms. The number of cyclic esters (lactones) is 1. The molecule has 5 aliphatic rings. The van der Waals surface area contributed by atoms with E-state index >= 15 is 0 Å². The summed E-state index contributed by atoms with van der Waals surface area (Å²) in [5.74, 6) is -1.07. The fraction of sp³-hybridized carbons (Fsp3) is 0.655. The number of allylic oxidation sites excluding steroid dienone is 3. The van der Waals surface area contributed by atoms with Crippen LogP contribution in [0.15, 0.2) is 47.6 Å². The maximum atomic E-state index is 13.1. The first-order valence-corrected chi connectivity index (χ1v) is 13.4. The van der Waals surface area contributed by atoms with E-state index in [2.05, 4.69) is 19.9 Å². The fourth-order valence-corrected chi connectivity index (χ4v) is 6.93. The van der Waals surface area contributed by atoms with Gasteiger partial charge in [0.05, 0.1) is 43.5 Å². The van der Waals surface area contributed by atoms with Gasteiger partial charge in [0.2, 0.25) is 0 Å². The van der Waals surface area contributed by atoms with Gasteiger partial charge in [0, 0.05) is 24.0 Å². The number of epoxide rings is 1. The highest BCUT2D eigenvalue weighted by atomic mass is 16.6. The molecule has 1 saturated carbocycles. The minimum Gasteiger partial charge on any atom is -0.462 e. The summed E-state index contributed by atoms with van der Waals surface area (Å²) in [6.45, 7) is 6.65. The molecule has 5 rings (SSSR count). The van der Waals surface area contributed by atoms with Gasteiger partial charge in [0.15, 0.2) is 0 Å². The van der Waals surface area contributed by atoms with Gasteiger partial charge in [0.25, 0.3) is 0 Å². The van der Waals surface area contributed by atoms with Crippen molar-refractivity contribution in [2.45, 2.75) is 82.6 Å². The van der Waals surface area contributed by atoms with Crippen LogP contribution in [-0.4, -0.2) is 84.7 Å². The first-order chi connectivity index (χ1) is 18.1. The summed E-state index contributed by atoms with van der Waals surface area (Å²) >= 11 is 0. The van der Waals surface area contributed by atoms with Crippen molar-refractivity contribution in [3.05, 3.63) is 47.6 Å². The van der Waals surface area contributed by atoms with Gasteiger partial charge in [-0.25, -0.2) is 9.59 Å². The van der Waals surface area contributed by atoms with Gasteiger partial charge in [-0.1, -0.05) is 36.8 Å². The Kier molecular flexibility index (Phi) is 7.43. The van der Waals surface area contributed by atoms with E-state index in [1.54, 1.807) is 18.2 Å². The van der Waals surface area contributed by atoms with Crippen LogP contribution in [0.5, 0.6) is 0 Å². The van der Waals surface area contributed by atoms with Crippen LogP contribution < -0.4 is 0 Å². The zero-order valence-corrected chi connectivity index (χ0v) is 22.3. The van der Waals surface area contributed by atoms with Crippen molar-refractivity contribution in [2.75, 3.05) is 26.4 Å². The zero-order chi connectivity index (χ0) is 27.1. The Bertz CT molecular complexity index is 1070. The first kappa shape index (κ1) is 27.3. The van der Waals surface area contributed by atoms with Crippen molar-refractivity contribution >= 4 is 11.9 Å². The molecule has 3 aliphatic heterocycles. The van der Waals surface area contributed by atoms with Crippen molar-refractivity contribution in [3.63, 3.8) is 0 Å². The molecule has 2 aliphatic carbocycles. The molecule has 0 aromatic carbocycles. The molecular formula is C29H38O9. The SMILES string of the molecule is CC1=C[C@H]2O[C@@H]3C[C@@H]4OC(=O)/C=C/C=C/COCC/C([C@@H](O)[C@H](C)O)=C/C(=O)OC[C@@]2(CC1)[C@]4(C)[C@]31CO1. The molecule has 0 aromatic heterocycles. The maximum absolute atomic E-state index is 13.1. The number of aliphatic hydroxyl groups is 2. The lowest BCUT2D eigenvalue weighted by Crippen LogP contribution is -2.66. The smallest absolute Gasteiger partial charge is 0.331 e. The second-order valence-electron chi connectivity index (χ2n) is 11.4. The summed E-state index contributed by atoms with van der Waals surface area (Å²) in [6.07, 6.45) is 8.70. The molecule has 3 fully saturated rings. The van der Waals surface area contributed by atoms with Gasteiger partial charge in [0.1, 0.15) is 24.4 Å². The predicted molar refractivity (Wildman–Crippen MR) is 136 cm³/mol. The predicted octanol–water partition coefficient (Wildman–Crippen LogP) is 2.32. The second-order valence-corrected chi connectivity index (χ2v) is 11.4. The summed E-state index contributed by atoms with van der Waals surface area (Å²) in [5, 5.41) is 20.5. The number of hydrogen-bond acceptors (Lipinski definition) is 9. The Morgan fingerprint density at radius 2 is 1.87 bits per heavy atom. The lowest BCUT2D eigenvalue weighted by Gasteiger charge is -2.58. The molecule has 0 aromatic rings. The summed E-state index contributed by atoms with van der Waals surface area (Å²) < 4.78 is 30.3. The van der Waals surface area contributed by atoms with Gasteiger partial charge in [-0.3, -0.25) is 0 Å². The standard InChI is InChI=1S/C29H38O9/c1-18-8-10-28-16-35-25(32)14-20(26(33)19(2)30)9-12-34-11-6-4-5-7-24(31)38-21-15-23(37-22(28)13-18)29(17-36-29)27(21,28)3/h4-7,13-14,19,21-23,26,30,33H,8-12,15-17H2,1-3H3/b6-4+,7-5+,20-14-/t19-,21-,22+,23+,26-,27+,28+,29-/m0/s1. The number of carbonyl (C=O) groups excluding carboxylic acids is 2. The van der Waals surface area contributed by atoms with E-state index in [1.807, 2.05) is 0 Å². The topological polar surface area (TPSA) is 124 Å². The Hall–Kier alpha value is -2.30. The highest BCUT2D eigenvalue weighted by molar-refractivity contribution is 5.83. The van der Waals surface area contributed by atoms with Crippen LogP contribution in [0, 0.1) is 10.8 Å². The lowest BCUT2D eigenvalue weighted by atomic mass is 9.51. The fourth-order valence-electron chi connectivity index (χ4n) is 6.93. The molecule has 9 heteroatoms. The number of hydrogen-bond donors (Lipinski definition) is 2. The first-order valence-electron chi connectivity index (χ1n) is 13.4. The third kappa shape index (κ3) is 4.48. The van der Waals surface area contributed by atoms with E-state index in [0.29, 0.717) is 25.0 Å². The number of esters is 2. The van der Waals surface area contributed by atoms with Crippen molar-refractivity contribution < 1.29 is 43.5 Å². The molecular weight excluding hydrogens is 492 g/mol. The van der Waals surface area contributed by atoms with Gasteiger partial charge >= 0.3 is 11.9 Å². The van der Waals surface area contributed by atoms with E-state index in [0.717, 1.165) is 6.42 Å². The summed E-state index contributed by atoms with van der Waals surface area (Å²) in [4.78, 5) is 26.0. The summed E-state index contributed by atoms with van der Waals surface area (Å²) in [5.41, 5.74) is -0.413. The maximum Gasteiger partial charge on any atom is 0.331 e. The lowest BCUT2D eigenvalue weighted by molar-refractivity contribution is -0.232. The minimum atomic E-state index is -1.22. The van der Waals surface area contributed by atoms with E-state index in [1.165, 1.54) is 24.6 Å². The second kappa shape index (κ2) is 10.4. The van der Waals surface area contributed by atoms with Crippen LogP contribution in [-0.2, 0) is 33.3 Å². The average molecular weight is 531 g/mol. The van der Waals surface area contributed by atoms with Crippen LogP contribution >= 0.6 is 0 Å². The third-order valence-electron chi connectivity index (χ3n) is 9.32. The summed E-state index contributed by atoms with van der Waals surface area (Å²) in [7, 11) is 0. The molecule has 2 spiro atoms. The van der Waals surface area contributed by atoms with E-state index in [4.69, 9.17) is 23.7 Å². The highest BCUT2D eigenvalue weighted by Crippen LogP contribution is 2.72. The molecule has 2 saturated heterocycles. The number of carbonyl (C=O) groups is 2. The van der Waals surface area contributed by atoms with Gasteiger partial charge < -0.3 is 33.9 Å². The molecule has 9 nitrogen and oxygen atoms in total. The van der Waals surface area contributed by atoms with Crippen molar-refractivity contribution in [1.29, 1.82) is 0 Å². The quantitative estimate of drug-likeness (QED) is 0.314. The molecule has 0 radical (unpaired) electrons. The van der Waals surface area contributed by atoms with Crippen LogP contribution in [0.1, 0.15) is 46.5 Å². The molecule has 2 N–H and O–H groups in total. The van der Waals surface area contributed by atoms with E-state index in [9.17, 15) is 19.8 Å². The molecule has 0 amide bonds. The van der Waals surface area contributed by atoms with Crippen molar-refractivity contribution in [3.8, 4) is 0 Å². The molecule has 0 unspecified atom stereocenters. The van der Waals surface area contributed by atoms with E-state index in [-0.39, 0.29) is 38.4 Å². The van der Waals surface area contributed by atoms with Crippen LogP contribution in [0.4, 0.5) is 0 Å². The van der Waals surface area contributed by atoms with Crippen LogP contribution in [0.2, 0.25) is 0 Å². The third-order valence-corrected chi connectivity index (χ3v) is 9.32. The molecule has 208 valence electrons. The zero-order valence-electron chi connectivity index (χ0n) is 22.3. The Morgan fingerprint density at radius 3 is 2.61 bits per heavy atom. The van der Waals surface area contributed by atoms with E-state index < -0.39 is 46.7 Å². The molecule has 2 bridgehead atoms. The van der Waals surface area contributed by atoms with Crippen molar-refractivity contribution in [1.82, 2.24) is 0 Å². The van der Waals surface area contributed by atoms with Gasteiger partial charge in [-0.15, -0.1) is 0 Å². The minimum absolute atomic E-state index is 0.0340. The largest absolute Gasteiger partial charge is 0.462 e. The van der Waals surface area contributed by atoms with Gasteiger partial charge in [-0.05, 0) is 38.7 Å². The van der Waals surface area contributed by atoms with Crippen LogP contribution in [0.25, 0.3) is 0 Å². The number of aliphatic hydroxyl groups excluding tert-OH is 2. The normalized spacial score (nSPS) is 44.2. The average Bonchev–Trinajstić information content (AvgIpc) is 3.65.